The van der Waals surface area contributed by atoms with Crippen LogP contribution in [-0.2, 0) is 0 Å². The van der Waals surface area contributed by atoms with E-state index >= 15 is 0 Å². The second-order valence-electron chi connectivity index (χ2n) is 5.02. The van der Waals surface area contributed by atoms with Gasteiger partial charge in [0, 0.05) is 12.6 Å². The van der Waals surface area contributed by atoms with Crippen molar-refractivity contribution in [1.82, 2.24) is 4.90 Å². The van der Waals surface area contributed by atoms with E-state index in [4.69, 9.17) is 0 Å². The molecule has 0 aromatic heterocycles. The Hall–Kier alpha value is -0.0400. The van der Waals surface area contributed by atoms with Crippen molar-refractivity contribution < 1.29 is 0 Å². The predicted octanol–water partition coefficient (Wildman–Crippen LogP) is 2.91. The van der Waals surface area contributed by atoms with Crippen LogP contribution in [0.3, 0.4) is 0 Å². The molecule has 76 valence electrons. The lowest BCUT2D eigenvalue weighted by molar-refractivity contribution is 0.228. The van der Waals surface area contributed by atoms with Crippen LogP contribution in [0.25, 0.3) is 0 Å². The smallest absolute Gasteiger partial charge is 0.00957 e. The molecule has 13 heavy (non-hydrogen) atoms. The number of likely N-dealkylation sites (tertiary alicyclic amines) is 1. The molecular weight excluding hydrogens is 158 g/mol. The van der Waals surface area contributed by atoms with Crippen molar-refractivity contribution in [3.63, 3.8) is 0 Å². The van der Waals surface area contributed by atoms with Crippen molar-refractivity contribution in [2.75, 3.05) is 13.1 Å². The third-order valence-corrected chi connectivity index (χ3v) is 3.89. The highest BCUT2D eigenvalue weighted by Crippen LogP contribution is 2.34. The third-order valence-electron chi connectivity index (χ3n) is 3.89. The average molecular weight is 181 g/mol. The van der Waals surface area contributed by atoms with Crippen LogP contribution >= 0.6 is 0 Å². The molecule has 1 nitrogen and oxygen atoms in total. The highest BCUT2D eigenvalue weighted by molar-refractivity contribution is 4.87. The minimum Gasteiger partial charge on any atom is -0.300 e. The maximum Gasteiger partial charge on any atom is 0.00957 e. The summed E-state index contributed by atoms with van der Waals surface area (Å²) in [6.07, 6.45) is 7.28. The first-order valence-corrected chi connectivity index (χ1v) is 6.05. The fourth-order valence-electron chi connectivity index (χ4n) is 2.72. The molecule has 2 atom stereocenters. The second-order valence-corrected chi connectivity index (χ2v) is 5.02. The highest BCUT2D eigenvalue weighted by Gasteiger charge is 2.33. The van der Waals surface area contributed by atoms with E-state index in [2.05, 4.69) is 18.7 Å². The van der Waals surface area contributed by atoms with Crippen molar-refractivity contribution in [2.24, 2.45) is 11.8 Å². The summed E-state index contributed by atoms with van der Waals surface area (Å²) in [5, 5.41) is 0. The van der Waals surface area contributed by atoms with E-state index in [0.29, 0.717) is 0 Å². The molecule has 0 radical (unpaired) electrons. The minimum absolute atomic E-state index is 0.876. The van der Waals surface area contributed by atoms with Crippen LogP contribution in [0.2, 0.25) is 0 Å². The fraction of sp³-hybridized carbons (Fsp3) is 1.00. The molecule has 1 aliphatic carbocycles. The molecular formula is C12H23N. The number of nitrogens with zero attached hydrogens (tertiary/aromatic N) is 1. The maximum absolute atomic E-state index is 2.73. The van der Waals surface area contributed by atoms with Gasteiger partial charge in [-0.15, -0.1) is 0 Å². The Labute approximate surface area is 82.5 Å². The lowest BCUT2D eigenvalue weighted by Crippen LogP contribution is -2.31. The monoisotopic (exact) mass is 181 g/mol. The Balaban J connectivity index is 1.78. The summed E-state index contributed by atoms with van der Waals surface area (Å²) in [5.74, 6) is 2.08. The van der Waals surface area contributed by atoms with E-state index in [0.717, 1.165) is 17.9 Å². The van der Waals surface area contributed by atoms with Gasteiger partial charge in [0.05, 0.1) is 0 Å². The summed E-state index contributed by atoms with van der Waals surface area (Å²) >= 11 is 0. The van der Waals surface area contributed by atoms with Gasteiger partial charge in [-0.2, -0.15) is 0 Å². The Kier molecular flexibility index (Phi) is 2.92. The Bertz CT molecular complexity index is 163. The van der Waals surface area contributed by atoms with Gasteiger partial charge >= 0.3 is 0 Å². The summed E-state index contributed by atoms with van der Waals surface area (Å²) in [5.41, 5.74) is 0. The molecule has 0 bridgehead atoms. The summed E-state index contributed by atoms with van der Waals surface area (Å²) < 4.78 is 0. The van der Waals surface area contributed by atoms with E-state index in [9.17, 15) is 0 Å². The Morgan fingerprint density at radius 1 is 1.23 bits per heavy atom. The van der Waals surface area contributed by atoms with Crippen molar-refractivity contribution in [3.05, 3.63) is 0 Å². The van der Waals surface area contributed by atoms with Crippen LogP contribution in [0, 0.1) is 11.8 Å². The maximum atomic E-state index is 2.73. The largest absolute Gasteiger partial charge is 0.300 e. The van der Waals surface area contributed by atoms with E-state index in [-0.39, 0.29) is 0 Å². The van der Waals surface area contributed by atoms with Gasteiger partial charge < -0.3 is 4.90 Å². The van der Waals surface area contributed by atoms with Crippen molar-refractivity contribution in [1.29, 1.82) is 0 Å². The first kappa shape index (κ1) is 9.51. The molecule has 0 N–H and O–H groups in total. The van der Waals surface area contributed by atoms with Gasteiger partial charge in [0.1, 0.15) is 0 Å². The summed E-state index contributed by atoms with van der Waals surface area (Å²) in [6, 6.07) is 0.876. The predicted molar refractivity (Wildman–Crippen MR) is 56.8 cm³/mol. The first-order chi connectivity index (χ1) is 6.31. The Morgan fingerprint density at radius 2 is 2.00 bits per heavy atom. The summed E-state index contributed by atoms with van der Waals surface area (Å²) in [6.45, 7) is 7.54. The quantitative estimate of drug-likeness (QED) is 0.644. The minimum atomic E-state index is 0.876. The van der Waals surface area contributed by atoms with Crippen LogP contribution in [0.5, 0.6) is 0 Å². The van der Waals surface area contributed by atoms with Crippen LogP contribution in [-0.4, -0.2) is 24.0 Å². The topological polar surface area (TPSA) is 3.24 Å². The van der Waals surface area contributed by atoms with Gasteiger partial charge in [-0.3, -0.25) is 0 Å². The van der Waals surface area contributed by atoms with Crippen LogP contribution < -0.4 is 0 Å². The molecule has 1 saturated heterocycles. The first-order valence-electron chi connectivity index (χ1n) is 6.05. The second kappa shape index (κ2) is 4.00. The molecule has 0 spiro atoms. The van der Waals surface area contributed by atoms with Crippen LogP contribution in [0.1, 0.15) is 46.0 Å². The molecule has 1 heteroatoms. The zero-order valence-corrected chi connectivity index (χ0v) is 9.13. The van der Waals surface area contributed by atoms with Gasteiger partial charge in [0.15, 0.2) is 0 Å². The number of rotatable bonds is 4. The SMILES string of the molecule is CCCC1CCN(CC2CC2)C1C. The zero-order chi connectivity index (χ0) is 9.26. The van der Waals surface area contributed by atoms with E-state index in [1.807, 2.05) is 0 Å². The molecule has 2 aliphatic rings. The van der Waals surface area contributed by atoms with E-state index < -0.39 is 0 Å². The summed E-state index contributed by atoms with van der Waals surface area (Å²) in [7, 11) is 0. The average Bonchev–Trinajstić information content (AvgIpc) is 2.86. The van der Waals surface area contributed by atoms with Gasteiger partial charge in [0.2, 0.25) is 0 Å². The van der Waals surface area contributed by atoms with Gasteiger partial charge in [-0.1, -0.05) is 13.3 Å². The van der Waals surface area contributed by atoms with Crippen molar-refractivity contribution in [2.45, 2.75) is 52.0 Å². The normalized spacial score (nSPS) is 35.5. The molecule has 2 unspecified atom stereocenters. The Morgan fingerprint density at radius 3 is 2.62 bits per heavy atom. The third kappa shape index (κ3) is 2.25. The highest BCUT2D eigenvalue weighted by atomic mass is 15.2. The van der Waals surface area contributed by atoms with Crippen LogP contribution in [0.4, 0.5) is 0 Å². The standard InChI is InChI=1S/C12H23N/c1-3-4-12-7-8-13(10(12)2)9-11-5-6-11/h10-12H,3-9H2,1-2H3. The number of hydrogen-bond acceptors (Lipinski definition) is 1. The molecule has 0 aromatic carbocycles. The molecule has 2 rings (SSSR count). The summed E-state index contributed by atoms with van der Waals surface area (Å²) in [4.78, 5) is 2.73. The van der Waals surface area contributed by atoms with E-state index in [1.165, 1.54) is 45.2 Å². The molecule has 1 saturated carbocycles. The van der Waals surface area contributed by atoms with Gasteiger partial charge in [-0.25, -0.2) is 0 Å². The lowest BCUT2D eigenvalue weighted by atomic mass is 9.96. The van der Waals surface area contributed by atoms with Crippen LogP contribution in [0.15, 0.2) is 0 Å². The van der Waals surface area contributed by atoms with Gasteiger partial charge in [0.25, 0.3) is 0 Å². The lowest BCUT2D eigenvalue weighted by Gasteiger charge is -2.24. The van der Waals surface area contributed by atoms with E-state index in [1.54, 1.807) is 0 Å². The number of hydrogen-bond donors (Lipinski definition) is 0. The fourth-order valence-corrected chi connectivity index (χ4v) is 2.72. The molecule has 0 aromatic rings. The molecule has 2 fully saturated rings. The zero-order valence-electron chi connectivity index (χ0n) is 9.13. The van der Waals surface area contributed by atoms with Gasteiger partial charge in [-0.05, 0) is 51.0 Å². The van der Waals surface area contributed by atoms with Crippen molar-refractivity contribution >= 4 is 0 Å². The molecule has 1 heterocycles. The van der Waals surface area contributed by atoms with Crippen molar-refractivity contribution in [3.8, 4) is 0 Å². The molecule has 1 aliphatic heterocycles. The molecule has 0 amide bonds.